The van der Waals surface area contributed by atoms with Gasteiger partial charge in [0.2, 0.25) is 0 Å². The monoisotopic (exact) mass is 363 g/mol. The summed E-state index contributed by atoms with van der Waals surface area (Å²) in [5.74, 6) is -0.558. The first-order chi connectivity index (χ1) is 13.1. The molecular formula is C20H17N3O4. The Bertz CT molecular complexity index is 946. The van der Waals surface area contributed by atoms with Gasteiger partial charge in [0.05, 0.1) is 16.8 Å². The van der Waals surface area contributed by atoms with E-state index in [0.717, 1.165) is 5.56 Å². The summed E-state index contributed by atoms with van der Waals surface area (Å²) in [4.78, 5) is 24.0. The molecular weight excluding hydrogens is 346 g/mol. The van der Waals surface area contributed by atoms with Crippen molar-refractivity contribution in [1.29, 1.82) is 5.26 Å². The van der Waals surface area contributed by atoms with Crippen molar-refractivity contribution in [2.24, 2.45) is 5.10 Å². The number of ether oxygens (including phenoxy) is 2. The van der Waals surface area contributed by atoms with Crippen LogP contribution in [0.5, 0.6) is 5.75 Å². The van der Waals surface area contributed by atoms with Gasteiger partial charge in [-0.3, -0.25) is 4.79 Å². The number of rotatable bonds is 5. The first kappa shape index (κ1) is 18.1. The molecule has 0 bridgehead atoms. The molecule has 2 aromatic rings. The van der Waals surface area contributed by atoms with Gasteiger partial charge in [0.1, 0.15) is 17.9 Å². The van der Waals surface area contributed by atoms with E-state index in [4.69, 9.17) is 14.7 Å². The zero-order valence-electron chi connectivity index (χ0n) is 14.6. The van der Waals surface area contributed by atoms with Crippen LogP contribution in [0.2, 0.25) is 0 Å². The van der Waals surface area contributed by atoms with Gasteiger partial charge in [0.25, 0.3) is 5.91 Å². The van der Waals surface area contributed by atoms with E-state index in [-0.39, 0.29) is 6.61 Å². The minimum absolute atomic E-state index is 0.289. The van der Waals surface area contributed by atoms with Gasteiger partial charge in [-0.15, -0.1) is 0 Å². The number of nitrogens with one attached hydrogen (secondary N) is 1. The number of cyclic esters (lactones) is 1. The lowest BCUT2D eigenvalue weighted by Gasteiger charge is -2.24. The Morgan fingerprint density at radius 3 is 2.85 bits per heavy atom. The molecule has 27 heavy (non-hydrogen) atoms. The molecule has 1 unspecified atom stereocenters. The van der Waals surface area contributed by atoms with Crippen LogP contribution in [0.1, 0.15) is 28.4 Å². The molecule has 0 aromatic heterocycles. The Hall–Kier alpha value is -3.66. The van der Waals surface area contributed by atoms with E-state index in [9.17, 15) is 9.59 Å². The van der Waals surface area contributed by atoms with Crippen LogP contribution in [-0.4, -0.2) is 30.3 Å². The molecule has 1 aliphatic heterocycles. The minimum atomic E-state index is -0.534. The van der Waals surface area contributed by atoms with Crippen molar-refractivity contribution in [3.05, 3.63) is 65.2 Å². The Balaban J connectivity index is 1.57. The highest BCUT2D eigenvalue weighted by molar-refractivity contribution is 5.97. The number of benzene rings is 2. The molecule has 0 fully saturated rings. The van der Waals surface area contributed by atoms with E-state index in [0.29, 0.717) is 29.0 Å². The fourth-order valence-corrected chi connectivity index (χ4v) is 2.65. The third kappa shape index (κ3) is 4.30. The van der Waals surface area contributed by atoms with E-state index in [1.54, 1.807) is 43.3 Å². The maximum absolute atomic E-state index is 12.0. The van der Waals surface area contributed by atoms with Gasteiger partial charge in [-0.2, -0.15) is 10.4 Å². The highest BCUT2D eigenvalue weighted by Crippen LogP contribution is 2.21. The van der Waals surface area contributed by atoms with Crippen molar-refractivity contribution >= 4 is 17.6 Å². The number of nitrogens with zero attached hydrogens (tertiary/aromatic N) is 2. The molecule has 1 aliphatic rings. The molecule has 136 valence electrons. The molecule has 7 heteroatoms. The van der Waals surface area contributed by atoms with Crippen molar-refractivity contribution in [1.82, 2.24) is 5.43 Å². The third-order valence-electron chi connectivity index (χ3n) is 4.08. The van der Waals surface area contributed by atoms with Gasteiger partial charge in [-0.25, -0.2) is 10.2 Å². The molecule has 2 aromatic carbocycles. The lowest BCUT2D eigenvalue weighted by Crippen LogP contribution is -2.35. The largest absolute Gasteiger partial charge is 0.482 e. The van der Waals surface area contributed by atoms with E-state index in [1.165, 1.54) is 0 Å². The third-order valence-corrected chi connectivity index (χ3v) is 4.08. The Labute approximate surface area is 156 Å². The predicted octanol–water partition coefficient (Wildman–Crippen LogP) is 2.21. The number of para-hydroxylation sites is 1. The molecule has 3 rings (SSSR count). The molecule has 0 spiro atoms. The van der Waals surface area contributed by atoms with Crippen LogP contribution in [0, 0.1) is 11.3 Å². The van der Waals surface area contributed by atoms with Gasteiger partial charge in [-0.1, -0.05) is 30.3 Å². The number of carbonyl (C=O) groups excluding carboxylic acids is 2. The molecule has 0 saturated carbocycles. The number of amides is 1. The smallest absolute Gasteiger partial charge is 0.339 e. The Morgan fingerprint density at radius 1 is 1.30 bits per heavy atom. The summed E-state index contributed by atoms with van der Waals surface area (Å²) in [6.07, 6.45) is -0.0352. The lowest BCUT2D eigenvalue weighted by molar-refractivity contribution is -0.123. The molecule has 0 radical (unpaired) electrons. The van der Waals surface area contributed by atoms with E-state index in [1.807, 2.05) is 18.2 Å². The topological polar surface area (TPSA) is 101 Å². The maximum atomic E-state index is 12.0. The molecule has 7 nitrogen and oxygen atoms in total. The van der Waals surface area contributed by atoms with Crippen LogP contribution in [0.15, 0.2) is 53.6 Å². The van der Waals surface area contributed by atoms with Crippen molar-refractivity contribution < 1.29 is 19.1 Å². The number of hydrazone groups is 1. The highest BCUT2D eigenvalue weighted by atomic mass is 16.5. The quantitative estimate of drug-likeness (QED) is 0.499. The van der Waals surface area contributed by atoms with E-state index >= 15 is 0 Å². The lowest BCUT2D eigenvalue weighted by atomic mass is 9.97. The summed E-state index contributed by atoms with van der Waals surface area (Å²) in [5, 5.41) is 13.0. The van der Waals surface area contributed by atoms with Crippen LogP contribution in [0.4, 0.5) is 0 Å². The highest BCUT2D eigenvalue weighted by Gasteiger charge is 2.27. The predicted molar refractivity (Wildman–Crippen MR) is 97.3 cm³/mol. The van der Waals surface area contributed by atoms with Gasteiger partial charge >= 0.3 is 5.97 Å². The fraction of sp³-hybridized carbons (Fsp3) is 0.200. The first-order valence-corrected chi connectivity index (χ1v) is 8.32. The van der Waals surface area contributed by atoms with E-state index in [2.05, 4.69) is 10.5 Å². The van der Waals surface area contributed by atoms with Gasteiger partial charge in [0.15, 0.2) is 6.61 Å². The van der Waals surface area contributed by atoms with Crippen LogP contribution >= 0.6 is 0 Å². The van der Waals surface area contributed by atoms with Crippen LogP contribution in [0.25, 0.3) is 0 Å². The molecule has 0 aliphatic carbocycles. The average molecular weight is 363 g/mol. The normalized spacial score (nSPS) is 15.9. The summed E-state index contributed by atoms with van der Waals surface area (Å²) in [6.45, 7) is 1.39. The number of hydrogen-bond donors (Lipinski definition) is 1. The second-order valence-corrected chi connectivity index (χ2v) is 5.94. The average Bonchev–Trinajstić information content (AvgIpc) is 2.70. The van der Waals surface area contributed by atoms with Crippen molar-refractivity contribution in [2.75, 3.05) is 6.61 Å². The van der Waals surface area contributed by atoms with Crippen LogP contribution in [0.3, 0.4) is 0 Å². The summed E-state index contributed by atoms with van der Waals surface area (Å²) in [5.41, 5.74) is 4.63. The molecule has 0 saturated heterocycles. The van der Waals surface area contributed by atoms with Crippen molar-refractivity contribution in [3.63, 3.8) is 0 Å². The SMILES string of the molecule is C/C(=N\NC(=O)COc1ccccc1C#N)C1Cc2ccccc2C(=O)O1. The zero-order valence-corrected chi connectivity index (χ0v) is 14.6. The Kier molecular flexibility index (Phi) is 5.47. The first-order valence-electron chi connectivity index (χ1n) is 8.32. The minimum Gasteiger partial charge on any atom is -0.482 e. The summed E-state index contributed by atoms with van der Waals surface area (Å²) in [7, 11) is 0. The molecule has 1 heterocycles. The van der Waals surface area contributed by atoms with Gasteiger partial charge in [0, 0.05) is 6.42 Å². The number of esters is 1. The number of carbonyl (C=O) groups is 2. The van der Waals surface area contributed by atoms with Gasteiger partial charge in [-0.05, 0) is 30.7 Å². The van der Waals surface area contributed by atoms with Gasteiger partial charge < -0.3 is 9.47 Å². The second-order valence-electron chi connectivity index (χ2n) is 5.94. The number of hydrogen-bond acceptors (Lipinski definition) is 6. The Morgan fingerprint density at radius 2 is 2.04 bits per heavy atom. The summed E-state index contributed by atoms with van der Waals surface area (Å²) < 4.78 is 10.7. The van der Waals surface area contributed by atoms with Crippen LogP contribution in [-0.2, 0) is 16.0 Å². The van der Waals surface area contributed by atoms with Crippen LogP contribution < -0.4 is 10.2 Å². The molecule has 1 atom stereocenters. The standard InChI is InChI=1S/C20H17N3O4/c1-13(18-10-14-6-2-4-8-16(14)20(25)27-18)22-23-19(24)12-26-17-9-5-3-7-15(17)11-21/h2-9,18H,10,12H2,1H3,(H,23,24)/b22-13+. The summed E-state index contributed by atoms with van der Waals surface area (Å²) in [6, 6.07) is 15.9. The second kappa shape index (κ2) is 8.15. The zero-order chi connectivity index (χ0) is 19.2. The molecule has 1 amide bonds. The molecule has 1 N–H and O–H groups in total. The summed E-state index contributed by atoms with van der Waals surface area (Å²) >= 11 is 0. The number of nitriles is 1. The number of fused-ring (bicyclic) bond motifs is 1. The maximum Gasteiger partial charge on any atom is 0.339 e. The fourth-order valence-electron chi connectivity index (χ4n) is 2.65. The van der Waals surface area contributed by atoms with Crippen molar-refractivity contribution in [3.8, 4) is 11.8 Å². The van der Waals surface area contributed by atoms with E-state index < -0.39 is 18.0 Å². The van der Waals surface area contributed by atoms with Crippen molar-refractivity contribution in [2.45, 2.75) is 19.4 Å².